The average Bonchev–Trinajstić information content (AvgIpc) is 2.97. The number of carbonyl (C=O) groups excluding carboxylic acids is 1. The van der Waals surface area contributed by atoms with Gasteiger partial charge in [-0.25, -0.2) is 14.6 Å². The number of piperidine rings is 1. The maximum absolute atomic E-state index is 12.1. The van der Waals surface area contributed by atoms with Crippen molar-refractivity contribution < 1.29 is 19.8 Å². The summed E-state index contributed by atoms with van der Waals surface area (Å²) in [5.41, 5.74) is -0.000130. The third-order valence-corrected chi connectivity index (χ3v) is 4.64. The lowest BCUT2D eigenvalue weighted by Crippen LogP contribution is -2.45. The number of aromatic carboxylic acids is 1. The number of carboxylic acids is 1. The number of hydrogen-bond donors (Lipinski definition) is 3. The van der Waals surface area contributed by atoms with E-state index in [-0.39, 0.29) is 30.3 Å². The molecule has 0 bridgehead atoms. The van der Waals surface area contributed by atoms with Crippen LogP contribution in [0.25, 0.3) is 0 Å². The molecule has 8 heteroatoms. The van der Waals surface area contributed by atoms with Crippen molar-refractivity contribution in [2.24, 2.45) is 5.92 Å². The number of carboxylic acid groups (broad SMARTS) is 1. The number of hydrogen-bond acceptors (Lipinski definition) is 5. The van der Waals surface area contributed by atoms with Crippen molar-refractivity contribution >= 4 is 23.3 Å². The van der Waals surface area contributed by atoms with Crippen LogP contribution in [-0.4, -0.2) is 51.8 Å². The first-order valence-corrected chi connectivity index (χ1v) is 7.74. The van der Waals surface area contributed by atoms with Crippen molar-refractivity contribution in [2.75, 3.05) is 19.7 Å². The summed E-state index contributed by atoms with van der Waals surface area (Å²) in [6.45, 7) is 3.20. The normalized spacial score (nSPS) is 17.5. The summed E-state index contributed by atoms with van der Waals surface area (Å²) in [5.74, 6) is -0.786. The summed E-state index contributed by atoms with van der Waals surface area (Å²) in [4.78, 5) is 28.6. The number of likely N-dealkylation sites (tertiary alicyclic amines) is 1. The van der Waals surface area contributed by atoms with Gasteiger partial charge in [-0.1, -0.05) is 0 Å². The molecule has 0 radical (unpaired) electrons. The molecule has 2 rings (SSSR count). The van der Waals surface area contributed by atoms with Gasteiger partial charge in [-0.2, -0.15) is 0 Å². The fourth-order valence-electron chi connectivity index (χ4n) is 2.24. The smallest absolute Gasteiger partial charge is 0.355 e. The number of aliphatic hydroxyl groups is 1. The van der Waals surface area contributed by atoms with Gasteiger partial charge in [0.25, 0.3) is 0 Å². The fraction of sp³-hybridized carbons (Fsp3) is 0.615. The van der Waals surface area contributed by atoms with Crippen molar-refractivity contribution in [3.8, 4) is 0 Å². The second kappa shape index (κ2) is 6.86. The highest BCUT2D eigenvalue weighted by molar-refractivity contribution is 7.09. The van der Waals surface area contributed by atoms with E-state index in [2.05, 4.69) is 10.3 Å². The summed E-state index contributed by atoms with van der Waals surface area (Å²) < 4.78 is 0. The Bertz CT molecular complexity index is 511. The number of nitrogens with zero attached hydrogens (tertiary/aromatic N) is 2. The maximum atomic E-state index is 12.1. The molecule has 1 aromatic heterocycles. The zero-order valence-electron chi connectivity index (χ0n) is 11.8. The van der Waals surface area contributed by atoms with Gasteiger partial charge in [0.15, 0.2) is 5.69 Å². The van der Waals surface area contributed by atoms with Gasteiger partial charge in [0, 0.05) is 25.1 Å². The molecule has 116 valence electrons. The van der Waals surface area contributed by atoms with Crippen LogP contribution in [0, 0.1) is 5.92 Å². The average molecular weight is 313 g/mol. The largest absolute Gasteiger partial charge is 0.476 e. The van der Waals surface area contributed by atoms with Gasteiger partial charge >= 0.3 is 12.0 Å². The molecule has 3 N–H and O–H groups in total. The van der Waals surface area contributed by atoms with Crippen molar-refractivity contribution in [3.63, 3.8) is 0 Å². The van der Waals surface area contributed by atoms with E-state index in [0.29, 0.717) is 18.1 Å². The Balaban J connectivity index is 1.88. The van der Waals surface area contributed by atoms with Crippen LogP contribution in [0.4, 0.5) is 4.79 Å². The summed E-state index contributed by atoms with van der Waals surface area (Å²) in [6.07, 6.45) is 1.61. The van der Waals surface area contributed by atoms with E-state index < -0.39 is 5.97 Å². The van der Waals surface area contributed by atoms with Gasteiger partial charge < -0.3 is 20.4 Å². The number of amides is 2. The predicted octanol–water partition coefficient (Wildman–Crippen LogP) is 1.32. The van der Waals surface area contributed by atoms with Gasteiger partial charge in [0.05, 0.1) is 6.04 Å². The van der Waals surface area contributed by atoms with Crippen LogP contribution in [-0.2, 0) is 0 Å². The molecule has 1 aliphatic rings. The lowest BCUT2D eigenvalue weighted by atomic mass is 9.98. The molecule has 2 heterocycles. The molecule has 21 heavy (non-hydrogen) atoms. The second-order valence-corrected chi connectivity index (χ2v) is 6.05. The molecular formula is C13H19N3O4S. The van der Waals surface area contributed by atoms with E-state index >= 15 is 0 Å². The van der Waals surface area contributed by atoms with Crippen molar-refractivity contribution in [3.05, 3.63) is 16.1 Å². The van der Waals surface area contributed by atoms with Crippen molar-refractivity contribution in [1.82, 2.24) is 15.2 Å². The minimum absolute atomic E-state index is 0.000130. The summed E-state index contributed by atoms with van der Waals surface area (Å²) in [5, 5.41) is 22.8. The first-order chi connectivity index (χ1) is 10.0. The lowest BCUT2D eigenvalue weighted by molar-refractivity contribution is 0.0691. The zero-order valence-corrected chi connectivity index (χ0v) is 12.6. The Kier molecular flexibility index (Phi) is 5.13. The minimum Gasteiger partial charge on any atom is -0.476 e. The molecule has 1 fully saturated rings. The molecule has 0 spiro atoms. The van der Waals surface area contributed by atoms with E-state index in [1.165, 1.54) is 16.7 Å². The number of rotatable bonds is 4. The standard InChI is InChI=1S/C13H19N3O4S/c1-8(11-15-10(7-21-11)12(18)19)14-13(20)16-4-2-9(6-17)3-5-16/h7-9,17H,2-6H2,1H3,(H,14,20)(H,18,19). The Morgan fingerprint density at radius 2 is 2.19 bits per heavy atom. The number of aromatic nitrogens is 1. The molecule has 0 saturated carbocycles. The SMILES string of the molecule is CC(NC(=O)N1CCC(CO)CC1)c1nc(C(=O)O)cs1. The molecule has 1 saturated heterocycles. The Morgan fingerprint density at radius 1 is 1.52 bits per heavy atom. The highest BCUT2D eigenvalue weighted by Gasteiger charge is 2.24. The minimum atomic E-state index is -1.07. The molecule has 1 aromatic rings. The fourth-order valence-corrected chi connectivity index (χ4v) is 3.04. The molecule has 1 atom stereocenters. The van der Waals surface area contributed by atoms with Gasteiger partial charge in [0.1, 0.15) is 5.01 Å². The second-order valence-electron chi connectivity index (χ2n) is 5.16. The summed E-state index contributed by atoms with van der Waals surface area (Å²) in [7, 11) is 0. The predicted molar refractivity (Wildman–Crippen MR) is 77.4 cm³/mol. The quantitative estimate of drug-likeness (QED) is 0.778. The Labute approximate surface area is 126 Å². The molecule has 1 unspecified atom stereocenters. The molecular weight excluding hydrogens is 294 g/mol. The van der Waals surface area contributed by atoms with Gasteiger partial charge in [-0.05, 0) is 25.7 Å². The number of aliphatic hydroxyl groups excluding tert-OH is 1. The molecule has 2 amide bonds. The van der Waals surface area contributed by atoms with Gasteiger partial charge in [0.2, 0.25) is 0 Å². The molecule has 1 aliphatic heterocycles. The van der Waals surface area contributed by atoms with E-state index in [0.717, 1.165) is 12.8 Å². The first kappa shape index (κ1) is 15.7. The molecule has 7 nitrogen and oxygen atoms in total. The van der Waals surface area contributed by atoms with E-state index in [4.69, 9.17) is 10.2 Å². The monoisotopic (exact) mass is 313 g/mol. The van der Waals surface area contributed by atoms with Crippen LogP contribution in [0.15, 0.2) is 5.38 Å². The third kappa shape index (κ3) is 3.92. The van der Waals surface area contributed by atoms with Crippen LogP contribution < -0.4 is 5.32 Å². The van der Waals surface area contributed by atoms with Crippen LogP contribution in [0.2, 0.25) is 0 Å². The van der Waals surface area contributed by atoms with Gasteiger partial charge in [-0.15, -0.1) is 11.3 Å². The van der Waals surface area contributed by atoms with Crippen LogP contribution >= 0.6 is 11.3 Å². The van der Waals surface area contributed by atoms with Crippen LogP contribution in [0.1, 0.15) is 41.3 Å². The van der Waals surface area contributed by atoms with Crippen molar-refractivity contribution in [2.45, 2.75) is 25.8 Å². The third-order valence-electron chi connectivity index (χ3n) is 3.61. The van der Waals surface area contributed by atoms with E-state index in [1.54, 1.807) is 11.8 Å². The van der Waals surface area contributed by atoms with Gasteiger partial charge in [-0.3, -0.25) is 0 Å². The number of thiazole rings is 1. The molecule has 0 aromatic carbocycles. The first-order valence-electron chi connectivity index (χ1n) is 6.86. The molecule has 0 aliphatic carbocycles. The van der Waals surface area contributed by atoms with E-state index in [9.17, 15) is 9.59 Å². The van der Waals surface area contributed by atoms with Crippen LogP contribution in [0.3, 0.4) is 0 Å². The number of carbonyl (C=O) groups is 2. The summed E-state index contributed by atoms with van der Waals surface area (Å²) >= 11 is 1.22. The summed E-state index contributed by atoms with van der Waals surface area (Å²) in [6, 6.07) is -0.503. The lowest BCUT2D eigenvalue weighted by Gasteiger charge is -2.31. The topological polar surface area (TPSA) is 103 Å². The number of nitrogens with one attached hydrogen (secondary N) is 1. The zero-order chi connectivity index (χ0) is 15.4. The highest BCUT2D eigenvalue weighted by Crippen LogP contribution is 2.20. The highest BCUT2D eigenvalue weighted by atomic mass is 32.1. The maximum Gasteiger partial charge on any atom is 0.355 e. The Hall–Kier alpha value is -1.67. The number of urea groups is 1. The Morgan fingerprint density at radius 3 is 2.71 bits per heavy atom. The van der Waals surface area contributed by atoms with Crippen LogP contribution in [0.5, 0.6) is 0 Å². The van der Waals surface area contributed by atoms with E-state index in [1.807, 2.05) is 0 Å². The van der Waals surface area contributed by atoms with Crippen molar-refractivity contribution in [1.29, 1.82) is 0 Å².